The highest BCUT2D eigenvalue weighted by molar-refractivity contribution is 7.99. The van der Waals surface area contributed by atoms with Crippen LogP contribution < -0.4 is 0 Å². The van der Waals surface area contributed by atoms with E-state index >= 15 is 0 Å². The molecule has 0 radical (unpaired) electrons. The maximum absolute atomic E-state index is 13.6. The SMILES string of the molecule is CCS[C@H]1O[C@H](COC(=O)CCC(=O)OC[C@H]2O[C@H](OCc3ccccc3)[C@H](OC(=O)c3ccccc3)[C@@H](OC(=O)c3ccccc3)[C@H]2O)[C@@H](OCc2ccccc2)[C@H](OCc2ccccc2)[C@@H]1OCc1ccccc1. The Morgan fingerprint density at radius 3 is 1.28 bits per heavy atom. The van der Waals surface area contributed by atoms with Crippen LogP contribution in [0.5, 0.6) is 0 Å². The van der Waals surface area contributed by atoms with E-state index in [-0.39, 0.29) is 44.0 Å². The molecule has 0 bridgehead atoms. The van der Waals surface area contributed by atoms with Gasteiger partial charge in [-0.1, -0.05) is 165 Å². The molecule has 6 aromatic rings. The van der Waals surface area contributed by atoms with E-state index in [9.17, 15) is 24.3 Å². The molecule has 6 aromatic carbocycles. The first-order chi connectivity index (χ1) is 37.2. The minimum Gasteiger partial charge on any atom is -0.463 e. The van der Waals surface area contributed by atoms with Crippen LogP contribution in [0.2, 0.25) is 0 Å². The van der Waals surface area contributed by atoms with Crippen molar-refractivity contribution in [2.45, 2.75) is 107 Å². The number of carbonyl (C=O) groups excluding carboxylic acids is 4. The van der Waals surface area contributed by atoms with Crippen LogP contribution in [0, 0.1) is 0 Å². The lowest BCUT2D eigenvalue weighted by atomic mass is 9.98. The number of benzene rings is 6. The first-order valence-electron chi connectivity index (χ1n) is 25.3. The van der Waals surface area contributed by atoms with Crippen molar-refractivity contribution < 1.29 is 71.7 Å². The zero-order valence-electron chi connectivity index (χ0n) is 42.0. The number of hydrogen-bond donors (Lipinski definition) is 1. The van der Waals surface area contributed by atoms with Crippen LogP contribution >= 0.6 is 11.8 Å². The van der Waals surface area contributed by atoms with E-state index in [4.69, 9.17) is 47.4 Å². The third-order valence-corrected chi connectivity index (χ3v) is 13.6. The molecule has 76 heavy (non-hydrogen) atoms. The Bertz CT molecular complexity index is 2690. The normalized spacial score (nSPS) is 23.2. The van der Waals surface area contributed by atoms with Crippen LogP contribution in [-0.2, 0) is 83.4 Å². The van der Waals surface area contributed by atoms with Crippen molar-refractivity contribution in [2.75, 3.05) is 19.0 Å². The molecule has 1 N–H and O–H groups in total. The monoisotopic (exact) mass is 1050 g/mol. The molecule has 0 spiro atoms. The summed E-state index contributed by atoms with van der Waals surface area (Å²) < 4.78 is 62.4. The molecule has 398 valence electrons. The third kappa shape index (κ3) is 16.1. The highest BCUT2D eigenvalue weighted by atomic mass is 32.2. The minimum atomic E-state index is -1.69. The maximum Gasteiger partial charge on any atom is 0.338 e. The van der Waals surface area contributed by atoms with Crippen LogP contribution in [0.3, 0.4) is 0 Å². The van der Waals surface area contributed by atoms with Gasteiger partial charge in [0.1, 0.15) is 55.3 Å². The molecule has 0 amide bonds. The van der Waals surface area contributed by atoms with E-state index in [1.807, 2.05) is 128 Å². The van der Waals surface area contributed by atoms with Crippen molar-refractivity contribution in [1.29, 1.82) is 0 Å². The van der Waals surface area contributed by atoms with Gasteiger partial charge in [-0.2, -0.15) is 0 Å². The molecular weight excluding hydrogens is 993 g/mol. The van der Waals surface area contributed by atoms with Crippen LogP contribution in [-0.4, -0.2) is 109 Å². The van der Waals surface area contributed by atoms with Gasteiger partial charge in [-0.25, -0.2) is 9.59 Å². The van der Waals surface area contributed by atoms with Crippen molar-refractivity contribution in [3.63, 3.8) is 0 Å². The lowest BCUT2D eigenvalue weighted by molar-refractivity contribution is -0.303. The summed E-state index contributed by atoms with van der Waals surface area (Å²) in [4.78, 5) is 54.0. The molecule has 0 saturated carbocycles. The Morgan fingerprint density at radius 2 is 0.829 bits per heavy atom. The summed E-state index contributed by atoms with van der Waals surface area (Å²) in [6.07, 6.45) is -11.1. The quantitative estimate of drug-likeness (QED) is 0.0424. The topological polar surface area (TPSA) is 181 Å². The summed E-state index contributed by atoms with van der Waals surface area (Å²) in [6, 6.07) is 54.7. The molecule has 0 aromatic heterocycles. The zero-order chi connectivity index (χ0) is 52.9. The van der Waals surface area contributed by atoms with Crippen molar-refractivity contribution in [3.8, 4) is 0 Å². The predicted octanol–water partition coefficient (Wildman–Crippen LogP) is 8.84. The largest absolute Gasteiger partial charge is 0.463 e. The molecule has 2 aliphatic rings. The number of carbonyl (C=O) groups is 4. The summed E-state index contributed by atoms with van der Waals surface area (Å²) in [5.41, 5.74) is 3.43. The Labute approximate surface area is 446 Å². The van der Waals surface area contributed by atoms with Gasteiger partial charge in [0.05, 0.1) is 50.4 Å². The van der Waals surface area contributed by atoms with E-state index in [0.29, 0.717) is 12.4 Å². The summed E-state index contributed by atoms with van der Waals surface area (Å²) in [5, 5.41) is 11.8. The molecular formula is C60H62O15S. The fourth-order valence-electron chi connectivity index (χ4n) is 8.58. The Morgan fingerprint density at radius 1 is 0.447 bits per heavy atom. The van der Waals surface area contributed by atoms with Gasteiger partial charge in [0.15, 0.2) is 18.5 Å². The molecule has 0 aliphatic carbocycles. The second kappa shape index (κ2) is 29.0. The summed E-state index contributed by atoms with van der Waals surface area (Å²) in [6.45, 7) is 1.98. The average molecular weight is 1060 g/mol. The number of esters is 4. The maximum atomic E-state index is 13.6. The third-order valence-electron chi connectivity index (χ3n) is 12.5. The minimum absolute atomic E-state index is 0.0250. The first-order valence-corrected chi connectivity index (χ1v) is 26.3. The van der Waals surface area contributed by atoms with Gasteiger partial charge in [-0.3, -0.25) is 9.59 Å². The molecule has 2 fully saturated rings. The standard InChI is InChI=1S/C60H62O15S/c1-2-76-60-56(70-37-43-25-13-5-14-26-43)54(69-36-42-23-11-4-12-24-42)52(68-35-41-21-9-3-10-22-41)48(73-60)40-67-50(62)34-33-49(61)66-39-47-51(63)53(74-57(64)45-29-17-7-18-30-45)55(75-58(65)46-31-19-8-20-32-46)59(72-47)71-38-44-27-15-6-16-28-44/h3-32,47-48,51-56,59-60,63H,2,33-40H2,1H3/t47-,48-,51+,52-,53+,54+,55-,56+,59+,60-/m1/s1. The zero-order valence-corrected chi connectivity index (χ0v) is 42.8. The molecule has 2 aliphatic heterocycles. The number of aliphatic hydroxyl groups excluding tert-OH is 1. The summed E-state index contributed by atoms with van der Waals surface area (Å²) >= 11 is 1.54. The Hall–Kier alpha value is -6.73. The van der Waals surface area contributed by atoms with E-state index in [1.165, 1.54) is 12.1 Å². The van der Waals surface area contributed by atoms with E-state index < -0.39 is 97.5 Å². The Kier molecular flexibility index (Phi) is 21.2. The Balaban J connectivity index is 0.938. The second-order valence-corrected chi connectivity index (χ2v) is 19.3. The van der Waals surface area contributed by atoms with Gasteiger partial charge >= 0.3 is 23.9 Å². The molecule has 0 unspecified atom stereocenters. The van der Waals surface area contributed by atoms with Gasteiger partial charge in [0.2, 0.25) is 0 Å². The highest BCUT2D eigenvalue weighted by Crippen LogP contribution is 2.36. The van der Waals surface area contributed by atoms with E-state index in [1.54, 1.807) is 60.3 Å². The number of rotatable bonds is 25. The molecule has 16 heteroatoms. The number of aliphatic hydroxyl groups is 1. The van der Waals surface area contributed by atoms with Crippen LogP contribution in [0.1, 0.15) is 62.7 Å². The van der Waals surface area contributed by atoms with Crippen molar-refractivity contribution in [3.05, 3.63) is 215 Å². The smallest absolute Gasteiger partial charge is 0.338 e. The molecule has 10 atom stereocenters. The van der Waals surface area contributed by atoms with E-state index in [0.717, 1.165) is 22.3 Å². The lowest BCUT2D eigenvalue weighted by Crippen LogP contribution is -2.62. The second-order valence-electron chi connectivity index (χ2n) is 17.9. The average Bonchev–Trinajstić information content (AvgIpc) is 3.47. The van der Waals surface area contributed by atoms with Gasteiger partial charge in [-0.15, -0.1) is 11.8 Å². The van der Waals surface area contributed by atoms with Crippen LogP contribution in [0.4, 0.5) is 0 Å². The number of ether oxygens (including phenoxy) is 10. The number of hydrogen-bond acceptors (Lipinski definition) is 16. The summed E-state index contributed by atoms with van der Waals surface area (Å²) in [7, 11) is 0. The van der Waals surface area contributed by atoms with Gasteiger partial charge in [-0.05, 0) is 52.3 Å². The lowest BCUT2D eigenvalue weighted by Gasteiger charge is -2.45. The fraction of sp³-hybridized carbons (Fsp3) is 0.333. The van der Waals surface area contributed by atoms with Crippen LogP contribution in [0.15, 0.2) is 182 Å². The first kappa shape index (κ1) is 55.5. The van der Waals surface area contributed by atoms with Gasteiger partial charge in [0, 0.05) is 0 Å². The van der Waals surface area contributed by atoms with E-state index in [2.05, 4.69) is 0 Å². The van der Waals surface area contributed by atoms with Crippen molar-refractivity contribution in [2.24, 2.45) is 0 Å². The number of thioether (sulfide) groups is 1. The summed E-state index contributed by atoms with van der Waals surface area (Å²) in [5.74, 6) is -2.43. The van der Waals surface area contributed by atoms with Crippen LogP contribution in [0.25, 0.3) is 0 Å². The fourth-order valence-corrected chi connectivity index (χ4v) is 9.56. The predicted molar refractivity (Wildman–Crippen MR) is 280 cm³/mol. The van der Waals surface area contributed by atoms with Gasteiger partial charge < -0.3 is 52.5 Å². The molecule has 2 heterocycles. The molecule has 15 nitrogen and oxygen atoms in total. The highest BCUT2D eigenvalue weighted by Gasteiger charge is 2.52. The van der Waals surface area contributed by atoms with Crippen molar-refractivity contribution >= 4 is 35.6 Å². The van der Waals surface area contributed by atoms with Gasteiger partial charge in [0.25, 0.3) is 0 Å². The van der Waals surface area contributed by atoms with Crippen molar-refractivity contribution in [1.82, 2.24) is 0 Å². The molecule has 2 saturated heterocycles. The molecule has 8 rings (SSSR count).